The van der Waals surface area contributed by atoms with Crippen molar-refractivity contribution in [2.75, 3.05) is 0 Å². The van der Waals surface area contributed by atoms with E-state index in [-0.39, 0.29) is 6.10 Å². The highest BCUT2D eigenvalue weighted by atomic mass is 16.3. The average molecular weight is 143 g/mol. The molecule has 10 heavy (non-hydrogen) atoms. The van der Waals surface area contributed by atoms with Gasteiger partial charge in [-0.2, -0.15) is 0 Å². The summed E-state index contributed by atoms with van der Waals surface area (Å²) in [5.74, 6) is 0.751. The molecule has 0 amide bonds. The van der Waals surface area contributed by atoms with Crippen molar-refractivity contribution < 1.29 is 5.11 Å². The minimum atomic E-state index is -0.362. The molecule has 1 radical (unpaired) electrons. The Labute approximate surface area is 64.5 Å². The van der Waals surface area contributed by atoms with Crippen molar-refractivity contribution in [2.45, 2.75) is 52.6 Å². The zero-order chi connectivity index (χ0) is 7.98. The summed E-state index contributed by atoms with van der Waals surface area (Å²) in [5.41, 5.74) is 0. The van der Waals surface area contributed by atoms with Crippen molar-refractivity contribution >= 4 is 0 Å². The standard InChI is InChI=1S/C9H19O/c1-4-5-8(2)6-7-9(3)10/h8-9H,4-7H2,1-3H3. The quantitative estimate of drug-likeness (QED) is 0.563. The summed E-state index contributed by atoms with van der Waals surface area (Å²) < 4.78 is 0. The van der Waals surface area contributed by atoms with Gasteiger partial charge in [-0.25, -0.2) is 5.11 Å². The van der Waals surface area contributed by atoms with Crippen molar-refractivity contribution in [1.29, 1.82) is 0 Å². The second kappa shape index (κ2) is 5.72. The Bertz CT molecular complexity index is 69.1. The minimum Gasteiger partial charge on any atom is -0.233 e. The van der Waals surface area contributed by atoms with Crippen LogP contribution in [0.2, 0.25) is 0 Å². The normalized spacial score (nSPS) is 16.8. The Morgan fingerprint density at radius 3 is 2.10 bits per heavy atom. The second-order valence-corrected chi connectivity index (χ2v) is 3.28. The molecule has 0 fully saturated rings. The summed E-state index contributed by atoms with van der Waals surface area (Å²) in [6, 6.07) is 0. The lowest BCUT2D eigenvalue weighted by Gasteiger charge is -2.09. The fraction of sp³-hybridized carbons (Fsp3) is 1.00. The smallest absolute Gasteiger partial charge is 0.0902 e. The SMILES string of the molecule is CCCC(C)CCC(C)[O]. The molecule has 0 aromatic carbocycles. The molecule has 0 aromatic heterocycles. The number of rotatable bonds is 5. The first-order valence-electron chi connectivity index (χ1n) is 4.32. The Morgan fingerprint density at radius 1 is 1.10 bits per heavy atom. The van der Waals surface area contributed by atoms with E-state index >= 15 is 0 Å². The molecule has 0 bridgehead atoms. The van der Waals surface area contributed by atoms with E-state index in [1.807, 2.05) is 0 Å². The molecule has 61 valence electrons. The van der Waals surface area contributed by atoms with Crippen LogP contribution in [0, 0.1) is 5.92 Å². The average Bonchev–Trinajstić information content (AvgIpc) is 1.85. The predicted molar refractivity (Wildman–Crippen MR) is 43.5 cm³/mol. The first-order valence-corrected chi connectivity index (χ1v) is 4.32. The molecular formula is C9H19O. The maximum atomic E-state index is 10.6. The fourth-order valence-electron chi connectivity index (χ4n) is 1.16. The molecule has 0 aromatic rings. The third-order valence-corrected chi connectivity index (χ3v) is 1.85. The topological polar surface area (TPSA) is 19.9 Å². The van der Waals surface area contributed by atoms with E-state index in [2.05, 4.69) is 13.8 Å². The van der Waals surface area contributed by atoms with E-state index in [4.69, 9.17) is 0 Å². The van der Waals surface area contributed by atoms with Gasteiger partial charge in [0.1, 0.15) is 0 Å². The molecule has 0 aliphatic carbocycles. The van der Waals surface area contributed by atoms with Gasteiger partial charge in [-0.1, -0.05) is 26.7 Å². The maximum Gasteiger partial charge on any atom is 0.0902 e. The first-order chi connectivity index (χ1) is 4.66. The predicted octanol–water partition coefficient (Wildman–Crippen LogP) is 3.02. The molecule has 1 heteroatoms. The van der Waals surface area contributed by atoms with Crippen molar-refractivity contribution in [1.82, 2.24) is 0 Å². The molecule has 0 rings (SSSR count). The van der Waals surface area contributed by atoms with Gasteiger partial charge in [0.2, 0.25) is 0 Å². The van der Waals surface area contributed by atoms with Crippen LogP contribution in [-0.4, -0.2) is 6.10 Å². The van der Waals surface area contributed by atoms with Crippen LogP contribution in [0.3, 0.4) is 0 Å². The fourth-order valence-corrected chi connectivity index (χ4v) is 1.16. The van der Waals surface area contributed by atoms with Gasteiger partial charge in [0.05, 0.1) is 6.10 Å². The molecule has 2 atom stereocenters. The molecule has 0 N–H and O–H groups in total. The highest BCUT2D eigenvalue weighted by molar-refractivity contribution is 4.54. The minimum absolute atomic E-state index is 0.362. The van der Waals surface area contributed by atoms with Gasteiger partial charge in [0, 0.05) is 0 Å². The summed E-state index contributed by atoms with van der Waals surface area (Å²) in [6.45, 7) is 6.17. The van der Waals surface area contributed by atoms with E-state index in [0.29, 0.717) is 0 Å². The van der Waals surface area contributed by atoms with E-state index in [1.54, 1.807) is 6.92 Å². The highest BCUT2D eigenvalue weighted by Crippen LogP contribution is 2.13. The zero-order valence-electron chi connectivity index (χ0n) is 7.39. The third-order valence-electron chi connectivity index (χ3n) is 1.85. The van der Waals surface area contributed by atoms with Gasteiger partial charge in [-0.3, -0.25) is 0 Å². The van der Waals surface area contributed by atoms with Crippen LogP contribution >= 0.6 is 0 Å². The lowest BCUT2D eigenvalue weighted by atomic mass is 9.99. The number of hydrogen-bond acceptors (Lipinski definition) is 0. The lowest BCUT2D eigenvalue weighted by molar-refractivity contribution is 0.0912. The van der Waals surface area contributed by atoms with Crippen molar-refractivity contribution in [2.24, 2.45) is 5.92 Å². The molecule has 0 saturated heterocycles. The van der Waals surface area contributed by atoms with Gasteiger partial charge in [0.15, 0.2) is 0 Å². The van der Waals surface area contributed by atoms with E-state index in [9.17, 15) is 5.11 Å². The van der Waals surface area contributed by atoms with Gasteiger partial charge in [0.25, 0.3) is 0 Å². The Kier molecular flexibility index (Phi) is 5.70. The maximum absolute atomic E-state index is 10.6. The molecule has 2 unspecified atom stereocenters. The highest BCUT2D eigenvalue weighted by Gasteiger charge is 2.03. The van der Waals surface area contributed by atoms with E-state index in [1.165, 1.54) is 12.8 Å². The summed E-state index contributed by atoms with van der Waals surface area (Å²) in [7, 11) is 0. The monoisotopic (exact) mass is 143 g/mol. The Morgan fingerprint density at radius 2 is 1.70 bits per heavy atom. The van der Waals surface area contributed by atoms with Crippen LogP contribution in [-0.2, 0) is 5.11 Å². The molecule has 1 nitrogen and oxygen atoms in total. The van der Waals surface area contributed by atoms with E-state index < -0.39 is 0 Å². The molecule has 0 heterocycles. The molecule has 0 aliphatic heterocycles. The largest absolute Gasteiger partial charge is 0.233 e. The molecular weight excluding hydrogens is 124 g/mol. The first kappa shape index (κ1) is 9.96. The van der Waals surface area contributed by atoms with Crippen LogP contribution in [0.15, 0.2) is 0 Å². The van der Waals surface area contributed by atoms with Crippen LogP contribution in [0.4, 0.5) is 0 Å². The molecule has 0 aliphatic rings. The van der Waals surface area contributed by atoms with Crippen molar-refractivity contribution in [3.05, 3.63) is 0 Å². The molecule has 0 saturated carbocycles. The van der Waals surface area contributed by atoms with Crippen LogP contribution < -0.4 is 0 Å². The summed E-state index contributed by atoms with van der Waals surface area (Å²) in [5, 5.41) is 10.6. The molecule has 0 spiro atoms. The summed E-state index contributed by atoms with van der Waals surface area (Å²) in [6.07, 6.45) is 4.11. The lowest BCUT2D eigenvalue weighted by Crippen LogP contribution is -2.01. The van der Waals surface area contributed by atoms with E-state index in [0.717, 1.165) is 18.8 Å². The van der Waals surface area contributed by atoms with Crippen molar-refractivity contribution in [3.63, 3.8) is 0 Å². The van der Waals surface area contributed by atoms with Gasteiger partial charge >= 0.3 is 0 Å². The van der Waals surface area contributed by atoms with Crippen molar-refractivity contribution in [3.8, 4) is 0 Å². The number of hydrogen-bond donors (Lipinski definition) is 0. The summed E-state index contributed by atoms with van der Waals surface area (Å²) >= 11 is 0. The Balaban J connectivity index is 3.12. The Hall–Kier alpha value is -0.0400. The third kappa shape index (κ3) is 6.09. The zero-order valence-corrected chi connectivity index (χ0v) is 7.39. The second-order valence-electron chi connectivity index (χ2n) is 3.28. The van der Waals surface area contributed by atoms with Gasteiger partial charge in [-0.15, -0.1) is 0 Å². The van der Waals surface area contributed by atoms with Crippen LogP contribution in [0.5, 0.6) is 0 Å². The van der Waals surface area contributed by atoms with Crippen LogP contribution in [0.1, 0.15) is 46.5 Å². The van der Waals surface area contributed by atoms with Gasteiger partial charge in [-0.05, 0) is 25.7 Å². The summed E-state index contributed by atoms with van der Waals surface area (Å²) in [4.78, 5) is 0. The van der Waals surface area contributed by atoms with Crippen LogP contribution in [0.25, 0.3) is 0 Å². The van der Waals surface area contributed by atoms with Gasteiger partial charge < -0.3 is 0 Å².